The van der Waals surface area contributed by atoms with Gasteiger partial charge in [0.2, 0.25) is 0 Å². The van der Waals surface area contributed by atoms with Gasteiger partial charge >= 0.3 is 0 Å². The van der Waals surface area contributed by atoms with Gasteiger partial charge in [0.25, 0.3) is 5.91 Å². The van der Waals surface area contributed by atoms with E-state index in [1.54, 1.807) is 4.80 Å². The molecule has 1 aromatic heterocycles. The third-order valence-corrected chi connectivity index (χ3v) is 4.49. The molecule has 1 amide bonds. The molecule has 0 fully saturated rings. The van der Waals surface area contributed by atoms with Crippen LogP contribution in [0.4, 0.5) is 5.69 Å². The molecule has 0 spiro atoms. The van der Waals surface area contributed by atoms with Crippen molar-refractivity contribution >= 4 is 22.6 Å². The van der Waals surface area contributed by atoms with Crippen LogP contribution in [0.2, 0.25) is 0 Å². The number of amides is 1. The number of fused-ring (bicyclic) bond motifs is 1. The number of carbonyl (C=O) groups excluding carboxylic acids is 1. The molecular formula is C23H22N4O3. The van der Waals surface area contributed by atoms with Gasteiger partial charge in [-0.1, -0.05) is 18.2 Å². The predicted molar refractivity (Wildman–Crippen MR) is 115 cm³/mol. The molecule has 1 heterocycles. The molecule has 0 bridgehead atoms. The Labute approximate surface area is 174 Å². The van der Waals surface area contributed by atoms with Crippen molar-refractivity contribution in [3.63, 3.8) is 0 Å². The number of rotatable bonds is 7. The highest BCUT2D eigenvalue weighted by Gasteiger charge is 2.11. The van der Waals surface area contributed by atoms with Crippen LogP contribution in [0.1, 0.15) is 12.5 Å². The lowest BCUT2D eigenvalue weighted by atomic mass is 10.1. The zero-order valence-electron chi connectivity index (χ0n) is 16.8. The molecule has 1 N–H and O–H groups in total. The lowest BCUT2D eigenvalue weighted by molar-refractivity contribution is -0.118. The monoisotopic (exact) mass is 402 g/mol. The molecule has 152 valence electrons. The Hall–Kier alpha value is -3.87. The average Bonchev–Trinajstić information content (AvgIpc) is 3.17. The smallest absolute Gasteiger partial charge is 0.262 e. The van der Waals surface area contributed by atoms with Crippen molar-refractivity contribution in [1.82, 2.24) is 15.0 Å². The van der Waals surface area contributed by atoms with Crippen molar-refractivity contribution in [2.45, 2.75) is 13.8 Å². The van der Waals surface area contributed by atoms with E-state index in [0.29, 0.717) is 23.6 Å². The number of ether oxygens (including phenoxy) is 2. The lowest BCUT2D eigenvalue weighted by Gasteiger charge is -2.09. The molecule has 0 atom stereocenters. The summed E-state index contributed by atoms with van der Waals surface area (Å²) >= 11 is 0. The molecule has 0 aliphatic carbocycles. The number of aromatic nitrogens is 3. The zero-order valence-corrected chi connectivity index (χ0v) is 16.8. The summed E-state index contributed by atoms with van der Waals surface area (Å²) in [6.45, 7) is 4.42. The van der Waals surface area contributed by atoms with Crippen molar-refractivity contribution < 1.29 is 14.3 Å². The first-order valence-corrected chi connectivity index (χ1v) is 9.71. The van der Waals surface area contributed by atoms with Gasteiger partial charge < -0.3 is 14.8 Å². The number of aryl methyl sites for hydroxylation is 1. The van der Waals surface area contributed by atoms with E-state index in [-0.39, 0.29) is 12.5 Å². The second-order valence-electron chi connectivity index (χ2n) is 6.72. The fraction of sp³-hybridized carbons (Fsp3) is 0.174. The van der Waals surface area contributed by atoms with E-state index in [4.69, 9.17) is 9.47 Å². The van der Waals surface area contributed by atoms with Crippen LogP contribution in [-0.4, -0.2) is 34.1 Å². The first-order chi connectivity index (χ1) is 14.6. The number of nitrogens with one attached hydrogen (secondary N) is 1. The van der Waals surface area contributed by atoms with Crippen LogP contribution in [0.3, 0.4) is 0 Å². The van der Waals surface area contributed by atoms with E-state index in [1.807, 2.05) is 80.6 Å². The zero-order chi connectivity index (χ0) is 20.9. The summed E-state index contributed by atoms with van der Waals surface area (Å²) in [4.78, 5) is 13.9. The van der Waals surface area contributed by atoms with Gasteiger partial charge in [-0.15, -0.1) is 10.2 Å². The second kappa shape index (κ2) is 8.65. The van der Waals surface area contributed by atoms with Crippen LogP contribution in [0.15, 0.2) is 66.7 Å². The minimum Gasteiger partial charge on any atom is -0.494 e. The maximum atomic E-state index is 12.3. The van der Waals surface area contributed by atoms with Crippen LogP contribution in [0.25, 0.3) is 16.7 Å². The molecule has 4 aromatic rings. The fourth-order valence-electron chi connectivity index (χ4n) is 3.01. The van der Waals surface area contributed by atoms with Crippen molar-refractivity contribution in [3.05, 3.63) is 72.3 Å². The molecule has 30 heavy (non-hydrogen) atoms. The second-order valence-corrected chi connectivity index (χ2v) is 6.72. The Morgan fingerprint density at radius 1 is 0.933 bits per heavy atom. The molecule has 0 aliphatic rings. The average molecular weight is 402 g/mol. The Kier molecular flexibility index (Phi) is 5.61. The number of benzene rings is 3. The highest BCUT2D eigenvalue weighted by Crippen LogP contribution is 2.23. The maximum Gasteiger partial charge on any atom is 0.262 e. The molecule has 4 rings (SSSR count). The quantitative estimate of drug-likeness (QED) is 0.503. The summed E-state index contributed by atoms with van der Waals surface area (Å²) in [5, 5.41) is 12.0. The Bertz CT molecular complexity index is 1150. The summed E-state index contributed by atoms with van der Waals surface area (Å²) in [6, 6.07) is 20.5. The molecule has 7 heteroatoms. The number of hydrogen-bond acceptors (Lipinski definition) is 5. The van der Waals surface area contributed by atoms with E-state index >= 15 is 0 Å². The Morgan fingerprint density at radius 2 is 1.60 bits per heavy atom. The van der Waals surface area contributed by atoms with Gasteiger partial charge in [-0.2, -0.15) is 4.80 Å². The van der Waals surface area contributed by atoms with Gasteiger partial charge in [0.05, 0.1) is 12.3 Å². The molecule has 0 saturated carbocycles. The van der Waals surface area contributed by atoms with E-state index < -0.39 is 0 Å². The summed E-state index contributed by atoms with van der Waals surface area (Å²) in [5.41, 5.74) is 3.85. The Balaban J connectivity index is 1.49. The van der Waals surface area contributed by atoms with Crippen LogP contribution in [-0.2, 0) is 4.79 Å². The summed E-state index contributed by atoms with van der Waals surface area (Å²) < 4.78 is 11.0. The van der Waals surface area contributed by atoms with Gasteiger partial charge in [-0.05, 0) is 67.9 Å². The summed E-state index contributed by atoms with van der Waals surface area (Å²) in [6.07, 6.45) is 0. The van der Waals surface area contributed by atoms with Gasteiger partial charge in [0, 0.05) is 5.69 Å². The van der Waals surface area contributed by atoms with Crippen LogP contribution >= 0.6 is 0 Å². The van der Waals surface area contributed by atoms with Crippen molar-refractivity contribution in [1.29, 1.82) is 0 Å². The van der Waals surface area contributed by atoms with Gasteiger partial charge in [-0.25, -0.2) is 0 Å². The van der Waals surface area contributed by atoms with Crippen molar-refractivity contribution in [2.75, 3.05) is 18.5 Å². The molecular weight excluding hydrogens is 380 g/mol. The third kappa shape index (κ3) is 4.41. The lowest BCUT2D eigenvalue weighted by Crippen LogP contribution is -2.20. The minimum absolute atomic E-state index is 0.0691. The van der Waals surface area contributed by atoms with Gasteiger partial charge in [0.1, 0.15) is 22.5 Å². The van der Waals surface area contributed by atoms with E-state index in [0.717, 1.165) is 22.5 Å². The number of nitrogens with zero attached hydrogens (tertiary/aromatic N) is 3. The van der Waals surface area contributed by atoms with E-state index in [9.17, 15) is 4.79 Å². The molecule has 0 aliphatic heterocycles. The molecule has 0 unspecified atom stereocenters. The molecule has 0 radical (unpaired) electrons. The number of para-hydroxylation sites is 1. The van der Waals surface area contributed by atoms with Crippen LogP contribution < -0.4 is 14.8 Å². The Morgan fingerprint density at radius 3 is 2.30 bits per heavy atom. The topological polar surface area (TPSA) is 78.3 Å². The van der Waals surface area contributed by atoms with Crippen LogP contribution in [0, 0.1) is 6.92 Å². The first-order valence-electron chi connectivity index (χ1n) is 9.71. The SMILES string of the molecule is CCOc1ccc(-n2nc3cc(C)c(NC(=O)COc4ccccc4)cc3n2)cc1. The fourth-order valence-corrected chi connectivity index (χ4v) is 3.01. The van der Waals surface area contributed by atoms with Gasteiger partial charge in [0.15, 0.2) is 6.61 Å². The van der Waals surface area contributed by atoms with E-state index in [2.05, 4.69) is 15.5 Å². The highest BCUT2D eigenvalue weighted by atomic mass is 16.5. The predicted octanol–water partition coefficient (Wildman–Crippen LogP) is 4.15. The molecule has 7 nitrogen and oxygen atoms in total. The standard InChI is InChI=1S/C23H22N4O3/c1-3-29-19-11-9-17(10-12-19)27-25-21-13-16(2)20(14-22(21)26-27)24-23(28)15-30-18-7-5-4-6-8-18/h4-14H,3,15H2,1-2H3,(H,24,28). The molecule has 3 aromatic carbocycles. The summed E-state index contributed by atoms with van der Waals surface area (Å²) in [7, 11) is 0. The number of carbonyl (C=O) groups is 1. The van der Waals surface area contributed by atoms with E-state index in [1.165, 1.54) is 0 Å². The van der Waals surface area contributed by atoms with Gasteiger partial charge in [-0.3, -0.25) is 4.79 Å². The van der Waals surface area contributed by atoms with Crippen molar-refractivity contribution in [2.24, 2.45) is 0 Å². The number of hydrogen-bond donors (Lipinski definition) is 1. The first kappa shape index (κ1) is 19.4. The third-order valence-electron chi connectivity index (χ3n) is 4.49. The normalized spacial score (nSPS) is 10.7. The van der Waals surface area contributed by atoms with Crippen molar-refractivity contribution in [3.8, 4) is 17.2 Å². The minimum atomic E-state index is -0.236. The number of anilines is 1. The maximum absolute atomic E-state index is 12.3. The largest absolute Gasteiger partial charge is 0.494 e. The van der Waals surface area contributed by atoms with Crippen LogP contribution in [0.5, 0.6) is 11.5 Å². The summed E-state index contributed by atoms with van der Waals surface area (Å²) in [5.74, 6) is 1.22. The highest BCUT2D eigenvalue weighted by molar-refractivity contribution is 5.95. The molecule has 0 saturated heterocycles.